The number of fused-ring (bicyclic) bond motifs is 1. The van der Waals surface area contributed by atoms with E-state index >= 15 is 0 Å². The van der Waals surface area contributed by atoms with Crippen LogP contribution in [0.15, 0.2) is 63.6 Å². The molecule has 10 nitrogen and oxygen atoms in total. The summed E-state index contributed by atoms with van der Waals surface area (Å²) < 4.78 is 53.3. The number of carbonyl (C=O) groups excluding carboxylic acids is 1. The largest absolute Gasteiger partial charge is 0.324 e. The monoisotopic (exact) mass is 475 g/mol. The minimum atomic E-state index is -3.83. The number of rotatable bonds is 6. The summed E-state index contributed by atoms with van der Waals surface area (Å²) >= 11 is 0. The molecule has 2 aromatic carbocycles. The van der Waals surface area contributed by atoms with Gasteiger partial charge in [0.15, 0.2) is 0 Å². The van der Waals surface area contributed by atoms with Crippen molar-refractivity contribution < 1.29 is 21.6 Å². The maximum atomic E-state index is 12.7. The summed E-state index contributed by atoms with van der Waals surface area (Å²) in [5.74, 6) is -0.111. The first kappa shape index (κ1) is 22.0. The summed E-state index contributed by atoms with van der Waals surface area (Å²) in [7, 11) is -7.51. The van der Waals surface area contributed by atoms with E-state index in [0.717, 1.165) is 12.7 Å². The van der Waals surface area contributed by atoms with Crippen LogP contribution in [0.3, 0.4) is 0 Å². The van der Waals surface area contributed by atoms with E-state index in [1.165, 1.54) is 22.8 Å². The first-order valence-corrected chi connectivity index (χ1v) is 13.1. The molecule has 0 bridgehead atoms. The molecule has 2 heterocycles. The smallest absolute Gasteiger partial charge is 0.262 e. The van der Waals surface area contributed by atoms with Gasteiger partial charge in [-0.2, -0.15) is 0 Å². The van der Waals surface area contributed by atoms with Gasteiger partial charge in [0.2, 0.25) is 20.9 Å². The quantitative estimate of drug-likeness (QED) is 0.554. The van der Waals surface area contributed by atoms with Gasteiger partial charge < -0.3 is 9.88 Å². The van der Waals surface area contributed by atoms with Crippen LogP contribution < -0.4 is 10.0 Å². The lowest BCUT2D eigenvalue weighted by Gasteiger charge is -2.11. The molecular weight excluding hydrogens is 454 g/mol. The van der Waals surface area contributed by atoms with Gasteiger partial charge in [-0.25, -0.2) is 21.8 Å². The molecule has 0 radical (unpaired) electrons. The van der Waals surface area contributed by atoms with Crippen LogP contribution in [-0.4, -0.2) is 50.9 Å². The van der Waals surface area contributed by atoms with Gasteiger partial charge in [-0.3, -0.25) is 14.5 Å². The molecule has 0 saturated heterocycles. The summed E-state index contributed by atoms with van der Waals surface area (Å²) in [6.45, 7) is 0.279. The van der Waals surface area contributed by atoms with Gasteiger partial charge in [0, 0.05) is 24.9 Å². The lowest BCUT2D eigenvalue weighted by atomic mass is 10.3. The minimum absolute atomic E-state index is 0.0187. The van der Waals surface area contributed by atoms with E-state index in [4.69, 9.17) is 0 Å². The highest BCUT2D eigenvalue weighted by atomic mass is 32.2. The minimum Gasteiger partial charge on any atom is -0.324 e. The van der Waals surface area contributed by atoms with Crippen LogP contribution in [0, 0.1) is 0 Å². The van der Waals surface area contributed by atoms with Crippen LogP contribution in [-0.2, 0) is 31.2 Å². The number of imidazole rings is 1. The highest BCUT2D eigenvalue weighted by Gasteiger charge is 2.22. The molecule has 0 saturated carbocycles. The highest BCUT2D eigenvalue weighted by Crippen LogP contribution is 2.21. The molecular formula is C20H21N5O5S2. The molecule has 1 aromatic heterocycles. The number of aliphatic imine (C=N–C) groups is 1. The molecule has 32 heavy (non-hydrogen) atoms. The molecule has 0 fully saturated rings. The number of benzene rings is 2. The fraction of sp³-hybridized carbons (Fsp3) is 0.250. The van der Waals surface area contributed by atoms with Gasteiger partial charge >= 0.3 is 0 Å². The zero-order valence-electron chi connectivity index (χ0n) is 17.1. The molecule has 4 rings (SSSR count). The van der Waals surface area contributed by atoms with E-state index < -0.39 is 25.8 Å². The average Bonchev–Trinajstić information content (AvgIpc) is 3.36. The number of nitrogens with zero attached hydrogens (tertiary/aromatic N) is 3. The van der Waals surface area contributed by atoms with Gasteiger partial charge in [0.1, 0.15) is 12.4 Å². The molecule has 168 valence electrons. The normalized spacial score (nSPS) is 14.3. The lowest BCUT2D eigenvalue weighted by Crippen LogP contribution is -2.29. The number of sulfone groups is 1. The van der Waals surface area contributed by atoms with Crippen molar-refractivity contribution in [1.82, 2.24) is 14.3 Å². The lowest BCUT2D eigenvalue weighted by molar-refractivity contribution is -0.116. The number of para-hydroxylation sites is 2. The number of nitrogens with one attached hydrogen (secondary N) is 2. The van der Waals surface area contributed by atoms with Crippen LogP contribution in [0.4, 0.5) is 5.69 Å². The Morgan fingerprint density at radius 3 is 2.59 bits per heavy atom. The van der Waals surface area contributed by atoms with E-state index in [9.17, 15) is 21.6 Å². The Labute approximate surface area is 185 Å². The maximum absolute atomic E-state index is 12.7. The van der Waals surface area contributed by atoms with Crippen LogP contribution >= 0.6 is 0 Å². The van der Waals surface area contributed by atoms with Crippen molar-refractivity contribution >= 4 is 48.3 Å². The second-order valence-corrected chi connectivity index (χ2v) is 10.9. The molecule has 1 aliphatic rings. The zero-order valence-corrected chi connectivity index (χ0v) is 18.8. The number of amidine groups is 1. The first-order chi connectivity index (χ1) is 15.1. The number of hydrogen-bond donors (Lipinski definition) is 2. The van der Waals surface area contributed by atoms with Crippen molar-refractivity contribution in [2.45, 2.75) is 29.4 Å². The SMILES string of the molecule is CS(=O)(=O)c1nc2ccccc2n1CC(=O)Nc1cccc(S(=O)(=O)NC2=NCCC2)c1. The molecule has 1 aliphatic heterocycles. The second kappa shape index (κ2) is 8.36. The predicted molar refractivity (Wildman–Crippen MR) is 120 cm³/mol. The van der Waals surface area contributed by atoms with Crippen molar-refractivity contribution in [2.24, 2.45) is 4.99 Å². The molecule has 12 heteroatoms. The van der Waals surface area contributed by atoms with Gasteiger partial charge in [-0.05, 0) is 36.8 Å². The second-order valence-electron chi connectivity index (χ2n) is 7.35. The van der Waals surface area contributed by atoms with Crippen molar-refractivity contribution in [2.75, 3.05) is 18.1 Å². The summed E-state index contributed by atoms with van der Waals surface area (Å²) in [6, 6.07) is 12.6. The van der Waals surface area contributed by atoms with E-state index in [0.29, 0.717) is 29.8 Å². The third-order valence-corrected chi connectivity index (χ3v) is 7.16. The molecule has 1 amide bonds. The Morgan fingerprint density at radius 1 is 1.09 bits per heavy atom. The highest BCUT2D eigenvalue weighted by molar-refractivity contribution is 7.90. The standard InChI is InChI=1S/C20H21N5O5S2/c1-31(27,28)20-23-16-8-2-3-9-17(16)25(20)13-19(26)22-14-6-4-7-15(12-14)32(29,30)24-18-10-5-11-21-18/h2-4,6-9,12H,5,10-11,13H2,1H3,(H,21,24)(H,22,26). The number of hydrogen-bond acceptors (Lipinski definition) is 7. The van der Waals surface area contributed by atoms with Crippen molar-refractivity contribution in [3.63, 3.8) is 0 Å². The van der Waals surface area contributed by atoms with Crippen molar-refractivity contribution in [3.8, 4) is 0 Å². The number of amides is 1. The van der Waals surface area contributed by atoms with Crippen molar-refractivity contribution in [1.29, 1.82) is 0 Å². The molecule has 2 N–H and O–H groups in total. The number of aromatic nitrogens is 2. The van der Waals surface area contributed by atoms with E-state index in [2.05, 4.69) is 20.0 Å². The number of anilines is 1. The Hall–Kier alpha value is -3.25. The van der Waals surface area contributed by atoms with Crippen LogP contribution in [0.5, 0.6) is 0 Å². The Morgan fingerprint density at radius 2 is 1.88 bits per heavy atom. The molecule has 0 spiro atoms. The van der Waals surface area contributed by atoms with E-state index in [1.807, 2.05) is 0 Å². The van der Waals surface area contributed by atoms with Crippen LogP contribution in [0.1, 0.15) is 12.8 Å². The van der Waals surface area contributed by atoms with E-state index in [1.54, 1.807) is 30.3 Å². The number of carbonyl (C=O) groups is 1. The summed E-state index contributed by atoms with van der Waals surface area (Å²) in [5, 5.41) is 2.41. The fourth-order valence-corrected chi connectivity index (χ4v) is 5.37. The summed E-state index contributed by atoms with van der Waals surface area (Å²) in [6.07, 6.45) is 2.39. The number of sulfonamides is 1. The van der Waals surface area contributed by atoms with E-state index in [-0.39, 0.29) is 22.3 Å². The molecule has 3 aromatic rings. The molecule has 0 aliphatic carbocycles. The average molecular weight is 476 g/mol. The maximum Gasteiger partial charge on any atom is 0.262 e. The third kappa shape index (κ3) is 4.65. The van der Waals surface area contributed by atoms with Crippen LogP contribution in [0.25, 0.3) is 11.0 Å². The van der Waals surface area contributed by atoms with Gasteiger partial charge in [0.05, 0.1) is 15.9 Å². The Bertz CT molecular complexity index is 1440. The Kier molecular flexibility index (Phi) is 5.73. The van der Waals surface area contributed by atoms with Crippen LogP contribution in [0.2, 0.25) is 0 Å². The van der Waals surface area contributed by atoms with Gasteiger partial charge in [-0.1, -0.05) is 18.2 Å². The third-order valence-electron chi connectivity index (χ3n) is 4.81. The van der Waals surface area contributed by atoms with Gasteiger partial charge in [0.25, 0.3) is 10.0 Å². The molecule has 0 unspecified atom stereocenters. The fourth-order valence-electron chi connectivity index (χ4n) is 3.41. The summed E-state index contributed by atoms with van der Waals surface area (Å²) in [4.78, 5) is 20.9. The van der Waals surface area contributed by atoms with Crippen molar-refractivity contribution in [3.05, 3.63) is 48.5 Å². The topological polar surface area (TPSA) is 140 Å². The molecule has 0 atom stereocenters. The Balaban J connectivity index is 1.56. The predicted octanol–water partition coefficient (Wildman–Crippen LogP) is 1.55. The first-order valence-electron chi connectivity index (χ1n) is 9.75. The zero-order chi connectivity index (χ0) is 22.9. The summed E-state index contributed by atoms with van der Waals surface area (Å²) in [5.41, 5.74) is 1.22. The van der Waals surface area contributed by atoms with Gasteiger partial charge in [-0.15, -0.1) is 0 Å².